The highest BCUT2D eigenvalue weighted by Gasteiger charge is 2.28. The molecule has 0 atom stereocenters. The molecule has 1 aromatic carbocycles. The van der Waals surface area contributed by atoms with E-state index in [1.165, 1.54) is 6.08 Å². The molecule has 4 nitrogen and oxygen atoms in total. The molecule has 0 saturated carbocycles. The first-order valence-electron chi connectivity index (χ1n) is 6.25. The van der Waals surface area contributed by atoms with Crippen LogP contribution in [-0.2, 0) is 16.0 Å². The molecule has 3 rings (SSSR count). The zero-order valence-electron chi connectivity index (χ0n) is 10.6. The Labute approximate surface area is 115 Å². The lowest BCUT2D eigenvalue weighted by atomic mass is 9.80. The third-order valence-electron chi connectivity index (χ3n) is 3.68. The van der Waals surface area contributed by atoms with Crippen LogP contribution < -0.4 is 0 Å². The van der Waals surface area contributed by atoms with Gasteiger partial charge in [0.15, 0.2) is 0 Å². The Balaban J connectivity index is 2.12. The second-order valence-electron chi connectivity index (χ2n) is 4.89. The van der Waals surface area contributed by atoms with Crippen molar-refractivity contribution in [1.82, 2.24) is 0 Å². The van der Waals surface area contributed by atoms with Crippen LogP contribution in [0, 0.1) is 0 Å². The van der Waals surface area contributed by atoms with Crippen LogP contribution in [0.1, 0.15) is 17.5 Å². The summed E-state index contributed by atoms with van der Waals surface area (Å²) < 4.78 is 0. The van der Waals surface area contributed by atoms with Crippen molar-refractivity contribution in [3.8, 4) is 0 Å². The summed E-state index contributed by atoms with van der Waals surface area (Å²) in [5, 5.41) is 18.3. The van der Waals surface area contributed by atoms with Gasteiger partial charge in [0.05, 0.1) is 11.1 Å². The molecule has 0 heterocycles. The summed E-state index contributed by atoms with van der Waals surface area (Å²) >= 11 is 0. The number of benzene rings is 1. The fourth-order valence-corrected chi connectivity index (χ4v) is 2.67. The molecule has 0 spiro atoms. The number of aliphatic carboxylic acids is 2. The van der Waals surface area contributed by atoms with Crippen molar-refractivity contribution in [3.63, 3.8) is 0 Å². The number of fused-ring (bicyclic) bond motifs is 2. The number of hydrogen-bond acceptors (Lipinski definition) is 2. The summed E-state index contributed by atoms with van der Waals surface area (Å²) in [5.41, 5.74) is 3.84. The molecule has 100 valence electrons. The largest absolute Gasteiger partial charge is 0.478 e. The van der Waals surface area contributed by atoms with Gasteiger partial charge in [-0.25, -0.2) is 9.59 Å². The Morgan fingerprint density at radius 2 is 1.60 bits per heavy atom. The predicted octanol–water partition coefficient (Wildman–Crippen LogP) is 2.42. The number of rotatable bonds is 2. The number of carboxylic acid groups (broad SMARTS) is 2. The highest BCUT2D eigenvalue weighted by molar-refractivity contribution is 6.02. The minimum absolute atomic E-state index is 0.0492. The zero-order valence-corrected chi connectivity index (χ0v) is 10.6. The van der Waals surface area contributed by atoms with Crippen LogP contribution in [0.3, 0.4) is 0 Å². The van der Waals surface area contributed by atoms with Gasteiger partial charge >= 0.3 is 11.9 Å². The first kappa shape index (κ1) is 12.4. The maximum atomic E-state index is 11.2. The minimum atomic E-state index is -1.19. The molecule has 0 radical (unpaired) electrons. The second-order valence-corrected chi connectivity index (χ2v) is 4.89. The predicted molar refractivity (Wildman–Crippen MR) is 73.1 cm³/mol. The molecule has 0 unspecified atom stereocenters. The van der Waals surface area contributed by atoms with Crippen molar-refractivity contribution in [2.24, 2.45) is 0 Å². The van der Waals surface area contributed by atoms with Gasteiger partial charge in [-0.2, -0.15) is 0 Å². The van der Waals surface area contributed by atoms with E-state index < -0.39 is 11.9 Å². The Morgan fingerprint density at radius 3 is 2.30 bits per heavy atom. The van der Waals surface area contributed by atoms with Gasteiger partial charge in [0, 0.05) is 6.42 Å². The molecule has 4 heteroatoms. The number of allylic oxidation sites excluding steroid dienone is 2. The van der Waals surface area contributed by atoms with Crippen LogP contribution in [0.25, 0.3) is 6.08 Å². The smallest absolute Gasteiger partial charge is 0.336 e. The minimum Gasteiger partial charge on any atom is -0.478 e. The number of carbonyl (C=O) groups is 2. The van der Waals surface area contributed by atoms with E-state index in [9.17, 15) is 9.59 Å². The van der Waals surface area contributed by atoms with E-state index in [4.69, 9.17) is 10.2 Å². The SMILES string of the molecule is O=C(O)C1=C(C(=O)O)CC2=Cc3ccccc3CC2=C1. The van der Waals surface area contributed by atoms with Gasteiger partial charge in [-0.15, -0.1) is 0 Å². The van der Waals surface area contributed by atoms with Gasteiger partial charge in [0.25, 0.3) is 0 Å². The van der Waals surface area contributed by atoms with E-state index in [0.717, 1.165) is 22.3 Å². The lowest BCUT2D eigenvalue weighted by molar-refractivity contribution is -0.135. The Morgan fingerprint density at radius 1 is 0.900 bits per heavy atom. The average molecular weight is 268 g/mol. The molecule has 2 aliphatic rings. The van der Waals surface area contributed by atoms with E-state index in [0.29, 0.717) is 6.42 Å². The fourth-order valence-electron chi connectivity index (χ4n) is 2.67. The Bertz CT molecular complexity index is 720. The summed E-state index contributed by atoms with van der Waals surface area (Å²) in [4.78, 5) is 22.4. The van der Waals surface area contributed by atoms with Crippen molar-refractivity contribution in [1.29, 1.82) is 0 Å². The van der Waals surface area contributed by atoms with Crippen LogP contribution in [0.4, 0.5) is 0 Å². The van der Waals surface area contributed by atoms with Crippen molar-refractivity contribution >= 4 is 18.0 Å². The molecule has 20 heavy (non-hydrogen) atoms. The maximum Gasteiger partial charge on any atom is 0.336 e. The zero-order chi connectivity index (χ0) is 14.3. The van der Waals surface area contributed by atoms with Gasteiger partial charge in [-0.1, -0.05) is 30.3 Å². The molecule has 2 N–H and O–H groups in total. The van der Waals surface area contributed by atoms with Crippen LogP contribution >= 0.6 is 0 Å². The maximum absolute atomic E-state index is 11.2. The molecule has 0 amide bonds. The fraction of sp³-hybridized carbons (Fsp3) is 0.125. The molecule has 0 bridgehead atoms. The van der Waals surface area contributed by atoms with E-state index in [-0.39, 0.29) is 17.6 Å². The molecule has 0 aromatic heterocycles. The van der Waals surface area contributed by atoms with Gasteiger partial charge in [0.2, 0.25) is 0 Å². The third kappa shape index (κ3) is 1.95. The first-order valence-corrected chi connectivity index (χ1v) is 6.25. The summed E-state index contributed by atoms with van der Waals surface area (Å²) in [6, 6.07) is 7.86. The number of carboxylic acids is 2. The molecule has 0 saturated heterocycles. The van der Waals surface area contributed by atoms with Gasteiger partial charge < -0.3 is 10.2 Å². The van der Waals surface area contributed by atoms with Crippen molar-refractivity contribution in [2.75, 3.05) is 0 Å². The molecule has 2 aliphatic carbocycles. The second kappa shape index (κ2) is 4.49. The summed E-state index contributed by atoms with van der Waals surface area (Å²) in [6.45, 7) is 0. The van der Waals surface area contributed by atoms with Crippen LogP contribution in [0.2, 0.25) is 0 Å². The van der Waals surface area contributed by atoms with Gasteiger partial charge in [-0.05, 0) is 34.8 Å². The number of hydrogen-bond donors (Lipinski definition) is 2. The van der Waals surface area contributed by atoms with Crippen LogP contribution in [0.15, 0.2) is 52.6 Å². The van der Waals surface area contributed by atoms with Crippen molar-refractivity contribution in [3.05, 3.63) is 63.8 Å². The lowest BCUT2D eigenvalue weighted by Crippen LogP contribution is -2.17. The molecule has 0 fully saturated rings. The van der Waals surface area contributed by atoms with Crippen molar-refractivity contribution < 1.29 is 19.8 Å². The molecular formula is C16H12O4. The van der Waals surface area contributed by atoms with E-state index in [1.807, 2.05) is 30.3 Å². The van der Waals surface area contributed by atoms with Crippen LogP contribution in [0.5, 0.6) is 0 Å². The Hall–Kier alpha value is -2.62. The summed E-state index contributed by atoms with van der Waals surface area (Å²) in [7, 11) is 0. The van der Waals surface area contributed by atoms with E-state index in [1.54, 1.807) is 0 Å². The van der Waals surface area contributed by atoms with Gasteiger partial charge in [0.1, 0.15) is 0 Å². The van der Waals surface area contributed by atoms with E-state index in [2.05, 4.69) is 0 Å². The van der Waals surface area contributed by atoms with Gasteiger partial charge in [-0.3, -0.25) is 0 Å². The molecule has 0 aliphatic heterocycles. The van der Waals surface area contributed by atoms with Crippen molar-refractivity contribution in [2.45, 2.75) is 12.8 Å². The third-order valence-corrected chi connectivity index (χ3v) is 3.68. The summed E-state index contributed by atoms with van der Waals surface area (Å²) in [5.74, 6) is -2.36. The summed E-state index contributed by atoms with van der Waals surface area (Å²) in [6.07, 6.45) is 4.26. The standard InChI is InChI=1S/C16H12O4/c17-15(18)13-7-11-5-9-3-1-2-4-10(9)6-12(11)8-14(13)16(19)20/h1-5,8H,6-7H2,(H,17,18)(H,19,20). The molecular weight excluding hydrogens is 256 g/mol. The van der Waals surface area contributed by atoms with E-state index >= 15 is 0 Å². The average Bonchev–Trinajstić information content (AvgIpc) is 2.43. The quantitative estimate of drug-likeness (QED) is 0.863. The monoisotopic (exact) mass is 268 g/mol. The molecule has 1 aromatic rings. The lowest BCUT2D eigenvalue weighted by Gasteiger charge is -2.24. The normalized spacial score (nSPS) is 16.8. The van der Waals surface area contributed by atoms with Crippen LogP contribution in [-0.4, -0.2) is 22.2 Å². The first-order chi connectivity index (χ1) is 9.56. The highest BCUT2D eigenvalue weighted by atomic mass is 16.4. The highest BCUT2D eigenvalue weighted by Crippen LogP contribution is 2.36. The Kier molecular flexibility index (Phi) is 2.79. The topological polar surface area (TPSA) is 74.6 Å².